The average molecular weight is 522 g/mol. The quantitative estimate of drug-likeness (QED) is 0.242. The fourth-order valence-corrected chi connectivity index (χ4v) is 5.31. The van der Waals surface area contributed by atoms with E-state index in [1.165, 1.54) is 0 Å². The zero-order valence-corrected chi connectivity index (χ0v) is 23.0. The standard InChI is InChI=1S/C33H35N3O3/c1-21(2)13-29(27-15-22(3)14-23(4)16-27)35-33(39)28-20-36(19-25-8-5-7-24(17-25)18-34)30-10-6-9-26(32(28)30)11-12-31(37)38/h5-10,14-17,20-21,29H,11-13,19H2,1-4H3,(H,35,39)(H,37,38). The Balaban J connectivity index is 1.78. The first-order chi connectivity index (χ1) is 18.6. The van der Waals surface area contributed by atoms with E-state index in [-0.39, 0.29) is 18.4 Å². The van der Waals surface area contributed by atoms with Crippen LogP contribution in [0, 0.1) is 31.1 Å². The highest BCUT2D eigenvalue weighted by Crippen LogP contribution is 2.30. The van der Waals surface area contributed by atoms with Crippen LogP contribution < -0.4 is 5.32 Å². The lowest BCUT2D eigenvalue weighted by atomic mass is 9.94. The predicted molar refractivity (Wildman–Crippen MR) is 154 cm³/mol. The van der Waals surface area contributed by atoms with Gasteiger partial charge < -0.3 is 15.0 Å². The molecule has 0 aliphatic heterocycles. The summed E-state index contributed by atoms with van der Waals surface area (Å²) in [6, 6.07) is 21.6. The number of hydrogen-bond donors (Lipinski definition) is 2. The third-order valence-corrected chi connectivity index (χ3v) is 6.91. The second-order valence-electron chi connectivity index (χ2n) is 10.8. The van der Waals surface area contributed by atoms with Gasteiger partial charge in [0.2, 0.25) is 0 Å². The first-order valence-corrected chi connectivity index (χ1v) is 13.3. The van der Waals surface area contributed by atoms with E-state index in [0.717, 1.165) is 45.1 Å². The number of carboxylic acids is 1. The summed E-state index contributed by atoms with van der Waals surface area (Å²) in [5, 5.41) is 22.7. The number of carbonyl (C=O) groups excluding carboxylic acids is 1. The Kier molecular flexibility index (Phi) is 8.51. The van der Waals surface area contributed by atoms with Crippen LogP contribution in [0.2, 0.25) is 0 Å². The van der Waals surface area contributed by atoms with Crippen molar-refractivity contribution in [3.63, 3.8) is 0 Å². The summed E-state index contributed by atoms with van der Waals surface area (Å²) in [6.07, 6.45) is 2.96. The summed E-state index contributed by atoms with van der Waals surface area (Å²) in [7, 11) is 0. The first kappa shape index (κ1) is 27.7. The third kappa shape index (κ3) is 6.74. The number of aliphatic carboxylic acids is 1. The molecule has 0 saturated heterocycles. The van der Waals surface area contributed by atoms with Crippen molar-refractivity contribution in [1.82, 2.24) is 9.88 Å². The SMILES string of the molecule is Cc1cc(C)cc(C(CC(C)C)NC(=O)c2cn(Cc3cccc(C#N)c3)c3cccc(CCC(=O)O)c23)c1. The Morgan fingerprint density at radius 1 is 1.03 bits per heavy atom. The minimum atomic E-state index is -0.877. The number of rotatable bonds is 10. The van der Waals surface area contributed by atoms with Gasteiger partial charge in [0.15, 0.2) is 0 Å². The molecule has 200 valence electrons. The molecule has 6 nitrogen and oxygen atoms in total. The summed E-state index contributed by atoms with van der Waals surface area (Å²) in [5.41, 5.74) is 7.13. The lowest BCUT2D eigenvalue weighted by Crippen LogP contribution is -2.29. The van der Waals surface area contributed by atoms with E-state index in [1.54, 1.807) is 6.07 Å². The molecule has 4 aromatic rings. The molecule has 6 heteroatoms. The van der Waals surface area contributed by atoms with Crippen LogP contribution in [0.3, 0.4) is 0 Å². The predicted octanol–water partition coefficient (Wildman–Crippen LogP) is 6.71. The van der Waals surface area contributed by atoms with Gasteiger partial charge in [-0.3, -0.25) is 9.59 Å². The van der Waals surface area contributed by atoms with Crippen molar-refractivity contribution in [2.45, 2.75) is 59.5 Å². The van der Waals surface area contributed by atoms with Crippen molar-refractivity contribution in [3.05, 3.63) is 106 Å². The monoisotopic (exact) mass is 521 g/mol. The van der Waals surface area contributed by atoms with Crippen LogP contribution in [0.1, 0.15) is 76.5 Å². The molecule has 39 heavy (non-hydrogen) atoms. The second-order valence-corrected chi connectivity index (χ2v) is 10.8. The molecule has 1 amide bonds. The fourth-order valence-electron chi connectivity index (χ4n) is 5.31. The molecule has 0 aliphatic carbocycles. The second kappa shape index (κ2) is 12.0. The highest BCUT2D eigenvalue weighted by molar-refractivity contribution is 6.08. The molecule has 0 saturated carbocycles. The van der Waals surface area contributed by atoms with Crippen LogP contribution in [-0.2, 0) is 17.8 Å². The molecular formula is C33H35N3O3. The van der Waals surface area contributed by atoms with Crippen molar-refractivity contribution in [3.8, 4) is 6.07 Å². The minimum Gasteiger partial charge on any atom is -0.481 e. The van der Waals surface area contributed by atoms with E-state index >= 15 is 0 Å². The number of amides is 1. The summed E-state index contributed by atoms with van der Waals surface area (Å²) in [6.45, 7) is 8.90. The summed E-state index contributed by atoms with van der Waals surface area (Å²) >= 11 is 0. The number of fused-ring (bicyclic) bond motifs is 1. The van der Waals surface area contributed by atoms with Crippen LogP contribution in [0.4, 0.5) is 0 Å². The molecule has 1 aromatic heterocycles. The van der Waals surface area contributed by atoms with E-state index in [1.807, 2.05) is 47.2 Å². The molecule has 0 spiro atoms. The lowest BCUT2D eigenvalue weighted by molar-refractivity contribution is -0.136. The van der Waals surface area contributed by atoms with Gasteiger partial charge in [-0.25, -0.2) is 0 Å². The zero-order valence-electron chi connectivity index (χ0n) is 23.0. The van der Waals surface area contributed by atoms with Crippen molar-refractivity contribution in [2.24, 2.45) is 5.92 Å². The largest absolute Gasteiger partial charge is 0.481 e. The Labute approximate surface area is 229 Å². The van der Waals surface area contributed by atoms with Gasteiger partial charge in [0.25, 0.3) is 5.91 Å². The van der Waals surface area contributed by atoms with Gasteiger partial charge in [0.05, 0.1) is 23.2 Å². The Hall–Kier alpha value is -4.37. The number of nitriles is 1. The van der Waals surface area contributed by atoms with Crippen LogP contribution in [-0.4, -0.2) is 21.6 Å². The van der Waals surface area contributed by atoms with Crippen molar-refractivity contribution in [2.75, 3.05) is 0 Å². The topological polar surface area (TPSA) is 95.1 Å². The number of aryl methyl sites for hydroxylation is 3. The number of hydrogen-bond acceptors (Lipinski definition) is 3. The zero-order chi connectivity index (χ0) is 28.1. The van der Waals surface area contributed by atoms with Gasteiger partial charge in [-0.05, 0) is 67.5 Å². The number of benzene rings is 3. The smallest absolute Gasteiger partial charge is 0.303 e. The van der Waals surface area contributed by atoms with Gasteiger partial charge in [0.1, 0.15) is 0 Å². The number of nitrogens with zero attached hydrogens (tertiary/aromatic N) is 2. The van der Waals surface area contributed by atoms with Crippen LogP contribution in [0.15, 0.2) is 66.9 Å². The summed E-state index contributed by atoms with van der Waals surface area (Å²) < 4.78 is 2.01. The van der Waals surface area contributed by atoms with Crippen molar-refractivity contribution < 1.29 is 14.7 Å². The van der Waals surface area contributed by atoms with Gasteiger partial charge in [-0.1, -0.05) is 67.4 Å². The summed E-state index contributed by atoms with van der Waals surface area (Å²) in [5.74, 6) is -0.689. The first-order valence-electron chi connectivity index (χ1n) is 13.3. The molecule has 1 atom stereocenters. The number of carboxylic acid groups (broad SMARTS) is 1. The molecule has 0 bridgehead atoms. The molecule has 3 aromatic carbocycles. The Bertz CT molecular complexity index is 1540. The maximum Gasteiger partial charge on any atom is 0.303 e. The molecule has 1 unspecified atom stereocenters. The van der Waals surface area contributed by atoms with E-state index < -0.39 is 5.97 Å². The van der Waals surface area contributed by atoms with Gasteiger partial charge in [0, 0.05) is 30.1 Å². The van der Waals surface area contributed by atoms with E-state index in [4.69, 9.17) is 0 Å². The van der Waals surface area contributed by atoms with Crippen LogP contribution in [0.25, 0.3) is 10.9 Å². The van der Waals surface area contributed by atoms with Crippen molar-refractivity contribution in [1.29, 1.82) is 5.26 Å². The minimum absolute atomic E-state index is 0.0197. The summed E-state index contributed by atoms with van der Waals surface area (Å²) in [4.78, 5) is 25.3. The molecule has 0 radical (unpaired) electrons. The van der Waals surface area contributed by atoms with Gasteiger partial charge in [-0.2, -0.15) is 5.26 Å². The Morgan fingerprint density at radius 2 is 1.74 bits per heavy atom. The normalized spacial score (nSPS) is 11.9. The average Bonchev–Trinajstić information content (AvgIpc) is 3.25. The molecule has 4 rings (SSSR count). The highest BCUT2D eigenvalue weighted by atomic mass is 16.4. The van der Waals surface area contributed by atoms with Crippen LogP contribution in [0.5, 0.6) is 0 Å². The highest BCUT2D eigenvalue weighted by Gasteiger charge is 2.23. The fraction of sp³-hybridized carbons (Fsp3) is 0.303. The van der Waals surface area contributed by atoms with E-state index in [0.29, 0.717) is 30.0 Å². The lowest BCUT2D eigenvalue weighted by Gasteiger charge is -2.22. The molecule has 2 N–H and O–H groups in total. The maximum atomic E-state index is 14.0. The maximum absolute atomic E-state index is 14.0. The molecule has 0 aliphatic rings. The third-order valence-electron chi connectivity index (χ3n) is 6.91. The number of nitrogens with one attached hydrogen (secondary N) is 1. The number of aromatic nitrogens is 1. The molecule has 1 heterocycles. The molecule has 0 fully saturated rings. The van der Waals surface area contributed by atoms with Crippen molar-refractivity contribution >= 4 is 22.8 Å². The van der Waals surface area contributed by atoms with E-state index in [9.17, 15) is 20.0 Å². The Morgan fingerprint density at radius 3 is 2.41 bits per heavy atom. The molecular weight excluding hydrogens is 486 g/mol. The van der Waals surface area contributed by atoms with E-state index in [2.05, 4.69) is 57.3 Å². The van der Waals surface area contributed by atoms with Gasteiger partial charge in [-0.15, -0.1) is 0 Å². The van der Waals surface area contributed by atoms with Crippen LogP contribution >= 0.6 is 0 Å². The number of carbonyl (C=O) groups is 2. The van der Waals surface area contributed by atoms with Gasteiger partial charge >= 0.3 is 5.97 Å².